The number of benzene rings is 2. The maximum Gasteiger partial charge on any atom is 0.189 e. The molecule has 0 radical (unpaired) electrons. The minimum Gasteiger partial charge on any atom is -0.361 e. The summed E-state index contributed by atoms with van der Waals surface area (Å²) in [6.07, 6.45) is 5.69. The van der Waals surface area contributed by atoms with Crippen LogP contribution in [0.15, 0.2) is 58.7 Å². The number of nitrogens with one attached hydrogen (secondary N) is 1. The monoisotopic (exact) mass is 351 g/mol. The molecule has 0 saturated heterocycles. The highest BCUT2D eigenvalue weighted by Crippen LogP contribution is 2.29. The molecular formula is C19H14BrNO. The summed E-state index contributed by atoms with van der Waals surface area (Å²) >= 11 is 3.45. The van der Waals surface area contributed by atoms with Crippen LogP contribution in [0.2, 0.25) is 0 Å². The summed E-state index contributed by atoms with van der Waals surface area (Å²) in [4.78, 5) is 15.9. The van der Waals surface area contributed by atoms with Gasteiger partial charge in [-0.2, -0.15) is 0 Å². The zero-order chi connectivity index (χ0) is 15.1. The first-order valence-corrected chi connectivity index (χ1v) is 8.11. The van der Waals surface area contributed by atoms with Crippen LogP contribution in [0.3, 0.4) is 0 Å². The van der Waals surface area contributed by atoms with Gasteiger partial charge in [0.25, 0.3) is 0 Å². The van der Waals surface area contributed by atoms with Gasteiger partial charge in [0.1, 0.15) is 0 Å². The zero-order valence-electron chi connectivity index (χ0n) is 11.9. The number of rotatable bonds is 1. The predicted molar refractivity (Wildman–Crippen MR) is 93.1 cm³/mol. The summed E-state index contributed by atoms with van der Waals surface area (Å²) in [7, 11) is 0. The van der Waals surface area contributed by atoms with Gasteiger partial charge in [0, 0.05) is 27.3 Å². The SMILES string of the molecule is O=C1/C(=C/c2ccc3[nH]ccc3c2)CCc2ccc(Br)cc21. The van der Waals surface area contributed by atoms with E-state index >= 15 is 0 Å². The molecule has 1 aromatic heterocycles. The van der Waals surface area contributed by atoms with E-state index in [0.717, 1.165) is 45.1 Å². The predicted octanol–water partition coefficient (Wildman–Crippen LogP) is 5.14. The maximum atomic E-state index is 12.7. The zero-order valence-corrected chi connectivity index (χ0v) is 13.5. The minimum absolute atomic E-state index is 0.150. The lowest BCUT2D eigenvalue weighted by molar-refractivity contribution is 0.102. The van der Waals surface area contributed by atoms with Gasteiger partial charge in [-0.25, -0.2) is 0 Å². The number of H-pyrrole nitrogens is 1. The van der Waals surface area contributed by atoms with Gasteiger partial charge >= 0.3 is 0 Å². The van der Waals surface area contributed by atoms with Crippen molar-refractivity contribution in [2.75, 3.05) is 0 Å². The third-order valence-electron chi connectivity index (χ3n) is 4.19. The number of fused-ring (bicyclic) bond motifs is 2. The number of carbonyl (C=O) groups excluding carboxylic acids is 1. The second-order valence-electron chi connectivity index (χ2n) is 5.62. The third-order valence-corrected chi connectivity index (χ3v) is 4.68. The van der Waals surface area contributed by atoms with Crippen LogP contribution >= 0.6 is 15.9 Å². The van der Waals surface area contributed by atoms with Crippen LogP contribution in [0.5, 0.6) is 0 Å². The molecule has 1 heterocycles. The molecule has 1 aliphatic rings. The Morgan fingerprint density at radius 2 is 1.95 bits per heavy atom. The molecule has 0 aliphatic heterocycles. The van der Waals surface area contributed by atoms with Gasteiger partial charge in [0.2, 0.25) is 0 Å². The van der Waals surface area contributed by atoms with E-state index in [1.165, 1.54) is 5.39 Å². The fourth-order valence-corrected chi connectivity index (χ4v) is 3.40. The number of carbonyl (C=O) groups is 1. The quantitative estimate of drug-likeness (QED) is 0.604. The molecule has 0 amide bonds. The normalized spacial score (nSPS) is 16.2. The van der Waals surface area contributed by atoms with Crippen molar-refractivity contribution in [2.45, 2.75) is 12.8 Å². The van der Waals surface area contributed by atoms with Crippen molar-refractivity contribution in [1.82, 2.24) is 4.98 Å². The van der Waals surface area contributed by atoms with Gasteiger partial charge in [0.15, 0.2) is 5.78 Å². The fourth-order valence-electron chi connectivity index (χ4n) is 3.03. The van der Waals surface area contributed by atoms with E-state index in [4.69, 9.17) is 0 Å². The van der Waals surface area contributed by atoms with Crippen LogP contribution in [0.1, 0.15) is 27.9 Å². The molecule has 108 valence electrons. The standard InChI is InChI=1S/C19H14BrNO/c20-16-5-4-13-2-3-15(19(22)17(13)11-16)10-12-1-6-18-14(9-12)7-8-21-18/h1,4-11,21H,2-3H2/b15-10+. The van der Waals surface area contributed by atoms with Crippen LogP contribution in [0.4, 0.5) is 0 Å². The number of halogens is 1. The van der Waals surface area contributed by atoms with Gasteiger partial charge in [-0.05, 0) is 65.8 Å². The lowest BCUT2D eigenvalue weighted by atomic mass is 9.86. The molecule has 0 atom stereocenters. The molecule has 22 heavy (non-hydrogen) atoms. The van der Waals surface area contributed by atoms with E-state index in [1.54, 1.807) is 0 Å². The van der Waals surface area contributed by atoms with Crippen molar-refractivity contribution < 1.29 is 4.79 Å². The highest BCUT2D eigenvalue weighted by Gasteiger charge is 2.21. The Morgan fingerprint density at radius 1 is 1.05 bits per heavy atom. The fraction of sp³-hybridized carbons (Fsp3) is 0.105. The molecule has 3 heteroatoms. The molecule has 1 aliphatic carbocycles. The summed E-state index contributed by atoms with van der Waals surface area (Å²) in [5.41, 5.74) is 5.06. The number of hydrogen-bond acceptors (Lipinski definition) is 1. The lowest BCUT2D eigenvalue weighted by Gasteiger charge is -2.17. The molecule has 2 nitrogen and oxygen atoms in total. The van der Waals surface area contributed by atoms with Crippen molar-refractivity contribution >= 4 is 38.7 Å². The number of aromatic nitrogens is 1. The summed E-state index contributed by atoms with van der Waals surface area (Å²) < 4.78 is 0.953. The Bertz CT molecular complexity index is 920. The average Bonchev–Trinajstić information content (AvgIpc) is 2.98. The van der Waals surface area contributed by atoms with Gasteiger partial charge < -0.3 is 4.98 Å². The van der Waals surface area contributed by atoms with E-state index in [2.05, 4.69) is 39.1 Å². The van der Waals surface area contributed by atoms with Crippen LogP contribution in [-0.4, -0.2) is 10.8 Å². The first-order valence-electron chi connectivity index (χ1n) is 7.31. The Labute approximate surface area is 137 Å². The number of allylic oxidation sites excluding steroid dienone is 1. The van der Waals surface area contributed by atoms with E-state index in [9.17, 15) is 4.79 Å². The van der Waals surface area contributed by atoms with Crippen LogP contribution < -0.4 is 0 Å². The van der Waals surface area contributed by atoms with Crippen LogP contribution in [0, 0.1) is 0 Å². The molecule has 1 N–H and O–H groups in total. The average molecular weight is 352 g/mol. The van der Waals surface area contributed by atoms with E-state index in [0.29, 0.717) is 0 Å². The summed E-state index contributed by atoms with van der Waals surface area (Å²) in [5.74, 6) is 0.150. The first-order chi connectivity index (χ1) is 10.7. The number of aryl methyl sites for hydroxylation is 1. The first kappa shape index (κ1) is 13.5. The summed E-state index contributed by atoms with van der Waals surface area (Å²) in [5, 5.41) is 1.17. The molecule has 0 unspecified atom stereocenters. The van der Waals surface area contributed by atoms with Crippen LogP contribution in [-0.2, 0) is 6.42 Å². The molecule has 0 bridgehead atoms. The van der Waals surface area contributed by atoms with Crippen molar-refractivity contribution in [1.29, 1.82) is 0 Å². The Kier molecular flexibility index (Phi) is 3.23. The second-order valence-corrected chi connectivity index (χ2v) is 6.54. The summed E-state index contributed by atoms with van der Waals surface area (Å²) in [6.45, 7) is 0. The molecule has 0 spiro atoms. The molecule has 4 rings (SSSR count). The Morgan fingerprint density at radius 3 is 2.86 bits per heavy atom. The van der Waals surface area contributed by atoms with E-state index < -0.39 is 0 Å². The minimum atomic E-state index is 0.150. The van der Waals surface area contributed by atoms with Crippen molar-refractivity contribution in [3.8, 4) is 0 Å². The molecule has 3 aromatic rings. The highest BCUT2D eigenvalue weighted by atomic mass is 79.9. The Hall–Kier alpha value is -2.13. The molecule has 2 aromatic carbocycles. The van der Waals surface area contributed by atoms with Gasteiger partial charge in [-0.1, -0.05) is 28.1 Å². The largest absolute Gasteiger partial charge is 0.361 e. The van der Waals surface area contributed by atoms with Crippen molar-refractivity contribution in [3.63, 3.8) is 0 Å². The van der Waals surface area contributed by atoms with Crippen molar-refractivity contribution in [2.24, 2.45) is 0 Å². The second kappa shape index (κ2) is 5.25. The lowest BCUT2D eigenvalue weighted by Crippen LogP contribution is -2.14. The maximum absolute atomic E-state index is 12.7. The van der Waals surface area contributed by atoms with Crippen molar-refractivity contribution in [3.05, 3.63) is 75.4 Å². The number of aromatic amines is 1. The number of Topliss-reactive ketones (excluding diaryl/α,β-unsaturated/α-hetero) is 1. The van der Waals surface area contributed by atoms with Crippen LogP contribution in [0.25, 0.3) is 17.0 Å². The van der Waals surface area contributed by atoms with E-state index in [1.807, 2.05) is 36.5 Å². The molecule has 0 saturated carbocycles. The molecule has 0 fully saturated rings. The third kappa shape index (κ3) is 2.32. The van der Waals surface area contributed by atoms with Gasteiger partial charge in [-0.15, -0.1) is 0 Å². The Balaban J connectivity index is 1.74. The topological polar surface area (TPSA) is 32.9 Å². The number of hydrogen-bond donors (Lipinski definition) is 1. The number of ketones is 1. The van der Waals surface area contributed by atoms with E-state index in [-0.39, 0.29) is 5.78 Å². The highest BCUT2D eigenvalue weighted by molar-refractivity contribution is 9.10. The molecular weight excluding hydrogens is 338 g/mol. The van der Waals surface area contributed by atoms with Gasteiger partial charge in [-0.3, -0.25) is 4.79 Å². The summed E-state index contributed by atoms with van der Waals surface area (Å²) in [6, 6.07) is 14.2. The smallest absolute Gasteiger partial charge is 0.189 e. The van der Waals surface area contributed by atoms with Gasteiger partial charge in [0.05, 0.1) is 0 Å².